The van der Waals surface area contributed by atoms with Crippen molar-refractivity contribution < 1.29 is 17.6 Å². The molecular weight excluding hydrogens is 390 g/mol. The van der Waals surface area contributed by atoms with Gasteiger partial charge in [0.15, 0.2) is 0 Å². The first-order valence-corrected chi connectivity index (χ1v) is 10.2. The average Bonchev–Trinajstić information content (AvgIpc) is 3.29. The lowest BCUT2D eigenvalue weighted by atomic mass is 10.2. The molecule has 2 aromatic carbocycles. The standard InChI is InChI=1S/C18H14ClN3O4S/c19-14-6-3-5-13(10-14)17-20-21-18(26-17)27(24,25)11-16(23)22-9-8-12-4-1-2-7-15(12)22/h1-7,10H,8-9,11H2. The molecule has 0 fully saturated rings. The van der Waals surface area contributed by atoms with Crippen molar-refractivity contribution >= 4 is 33.0 Å². The molecule has 1 aliphatic rings. The van der Waals surface area contributed by atoms with E-state index in [0.29, 0.717) is 23.6 Å². The Hall–Kier alpha value is -2.71. The SMILES string of the molecule is O=C(CS(=O)(=O)c1nnc(-c2cccc(Cl)c2)o1)N1CCc2ccccc21. The van der Waals surface area contributed by atoms with E-state index in [0.717, 1.165) is 11.3 Å². The van der Waals surface area contributed by atoms with Gasteiger partial charge in [0.05, 0.1) is 0 Å². The number of halogens is 1. The Morgan fingerprint density at radius 3 is 2.78 bits per heavy atom. The van der Waals surface area contributed by atoms with Gasteiger partial charge in [-0.1, -0.05) is 41.0 Å². The van der Waals surface area contributed by atoms with Gasteiger partial charge in [0.2, 0.25) is 21.6 Å². The van der Waals surface area contributed by atoms with E-state index in [1.54, 1.807) is 30.3 Å². The minimum absolute atomic E-state index is 0.0232. The summed E-state index contributed by atoms with van der Waals surface area (Å²) >= 11 is 5.92. The Bertz CT molecular complexity index is 1130. The van der Waals surface area contributed by atoms with Crippen molar-refractivity contribution in [2.45, 2.75) is 11.6 Å². The number of amides is 1. The molecule has 0 spiro atoms. The van der Waals surface area contributed by atoms with E-state index in [2.05, 4.69) is 10.2 Å². The Morgan fingerprint density at radius 2 is 1.96 bits per heavy atom. The zero-order valence-electron chi connectivity index (χ0n) is 14.0. The maximum atomic E-state index is 12.6. The van der Waals surface area contributed by atoms with Gasteiger partial charge in [0.25, 0.3) is 0 Å². The Balaban J connectivity index is 1.55. The van der Waals surface area contributed by atoms with E-state index in [4.69, 9.17) is 16.0 Å². The molecule has 0 radical (unpaired) electrons. The second-order valence-corrected chi connectivity index (χ2v) is 8.37. The molecule has 0 unspecified atom stereocenters. The summed E-state index contributed by atoms with van der Waals surface area (Å²) in [7, 11) is -4.06. The van der Waals surface area contributed by atoms with Crippen LogP contribution in [0, 0.1) is 0 Å². The Morgan fingerprint density at radius 1 is 1.15 bits per heavy atom. The number of para-hydroxylation sites is 1. The van der Waals surface area contributed by atoms with Crippen molar-refractivity contribution in [2.75, 3.05) is 17.2 Å². The smallest absolute Gasteiger partial charge is 0.336 e. The van der Waals surface area contributed by atoms with E-state index in [-0.39, 0.29) is 5.89 Å². The van der Waals surface area contributed by atoms with E-state index in [1.807, 2.05) is 18.2 Å². The first-order valence-electron chi connectivity index (χ1n) is 8.14. The zero-order valence-corrected chi connectivity index (χ0v) is 15.6. The van der Waals surface area contributed by atoms with Gasteiger partial charge in [0, 0.05) is 22.8 Å². The van der Waals surface area contributed by atoms with E-state index < -0.39 is 26.7 Å². The molecule has 0 atom stereocenters. The van der Waals surface area contributed by atoms with Crippen LogP contribution in [0.5, 0.6) is 0 Å². The first kappa shape index (κ1) is 17.7. The molecule has 0 aliphatic carbocycles. The normalized spacial score (nSPS) is 13.6. The van der Waals surface area contributed by atoms with Crippen molar-refractivity contribution in [1.82, 2.24) is 10.2 Å². The third-order valence-electron chi connectivity index (χ3n) is 4.25. The van der Waals surface area contributed by atoms with Crippen LogP contribution in [0.2, 0.25) is 5.02 Å². The fraction of sp³-hybridized carbons (Fsp3) is 0.167. The second kappa shape index (κ2) is 6.79. The molecule has 138 valence electrons. The maximum Gasteiger partial charge on any atom is 0.336 e. The number of hydrogen-bond donors (Lipinski definition) is 0. The fourth-order valence-electron chi connectivity index (χ4n) is 2.97. The minimum atomic E-state index is -4.06. The summed E-state index contributed by atoms with van der Waals surface area (Å²) in [5.74, 6) is -1.24. The van der Waals surface area contributed by atoms with Crippen LogP contribution >= 0.6 is 11.6 Å². The summed E-state index contributed by atoms with van der Waals surface area (Å²) in [4.78, 5) is 14.0. The lowest BCUT2D eigenvalue weighted by Gasteiger charge is -2.16. The van der Waals surface area contributed by atoms with Gasteiger partial charge in [0.1, 0.15) is 5.75 Å². The maximum absolute atomic E-state index is 12.6. The van der Waals surface area contributed by atoms with E-state index in [9.17, 15) is 13.2 Å². The monoisotopic (exact) mass is 403 g/mol. The highest BCUT2D eigenvalue weighted by molar-refractivity contribution is 7.91. The molecule has 9 heteroatoms. The molecule has 0 saturated carbocycles. The van der Waals surface area contributed by atoms with Crippen molar-refractivity contribution in [1.29, 1.82) is 0 Å². The number of anilines is 1. The van der Waals surface area contributed by atoms with Gasteiger partial charge in [-0.25, -0.2) is 8.42 Å². The van der Waals surface area contributed by atoms with Gasteiger partial charge in [-0.05, 0) is 36.2 Å². The number of nitrogens with zero attached hydrogens (tertiary/aromatic N) is 3. The lowest BCUT2D eigenvalue weighted by molar-refractivity contribution is -0.116. The molecule has 1 aromatic heterocycles. The van der Waals surface area contributed by atoms with Crippen molar-refractivity contribution in [2.24, 2.45) is 0 Å². The van der Waals surface area contributed by atoms with Crippen molar-refractivity contribution in [3.05, 3.63) is 59.1 Å². The number of benzene rings is 2. The summed E-state index contributed by atoms with van der Waals surface area (Å²) < 4.78 is 30.4. The van der Waals surface area contributed by atoms with Crippen molar-refractivity contribution in [3.63, 3.8) is 0 Å². The summed E-state index contributed by atoms with van der Waals surface area (Å²) in [5, 5.41) is 7.23. The number of carbonyl (C=O) groups is 1. The molecule has 0 saturated heterocycles. The molecule has 0 bridgehead atoms. The number of rotatable bonds is 4. The number of aromatic nitrogens is 2. The molecule has 1 amide bonds. The molecule has 2 heterocycles. The van der Waals surface area contributed by atoms with Gasteiger partial charge in [-0.15, -0.1) is 5.10 Å². The van der Waals surface area contributed by atoms with Crippen LogP contribution in [0.4, 0.5) is 5.69 Å². The highest BCUT2D eigenvalue weighted by Gasteiger charge is 2.31. The highest BCUT2D eigenvalue weighted by atomic mass is 35.5. The molecular formula is C18H14ClN3O4S. The van der Waals surface area contributed by atoms with E-state index >= 15 is 0 Å². The molecule has 1 aliphatic heterocycles. The molecule has 7 nitrogen and oxygen atoms in total. The molecule has 27 heavy (non-hydrogen) atoms. The number of carbonyl (C=O) groups excluding carboxylic acids is 1. The third-order valence-corrected chi connectivity index (χ3v) is 5.80. The van der Waals surface area contributed by atoms with E-state index in [1.165, 1.54) is 4.90 Å². The minimum Gasteiger partial charge on any atom is -0.408 e. The van der Waals surface area contributed by atoms with Crippen LogP contribution < -0.4 is 4.90 Å². The first-order chi connectivity index (χ1) is 12.9. The van der Waals surface area contributed by atoms with Crippen LogP contribution in [0.25, 0.3) is 11.5 Å². The van der Waals surface area contributed by atoms with Gasteiger partial charge >= 0.3 is 5.22 Å². The van der Waals surface area contributed by atoms with Crippen LogP contribution in [-0.4, -0.2) is 36.8 Å². The van der Waals surface area contributed by atoms with Gasteiger partial charge in [-0.3, -0.25) is 4.79 Å². The van der Waals surface area contributed by atoms with Crippen LogP contribution in [-0.2, 0) is 21.1 Å². The number of hydrogen-bond acceptors (Lipinski definition) is 6. The fourth-order valence-corrected chi connectivity index (χ4v) is 4.14. The van der Waals surface area contributed by atoms with Crippen LogP contribution in [0.3, 0.4) is 0 Å². The highest BCUT2D eigenvalue weighted by Crippen LogP contribution is 2.28. The molecule has 3 aromatic rings. The van der Waals surface area contributed by atoms with Crippen molar-refractivity contribution in [3.8, 4) is 11.5 Å². The number of sulfone groups is 1. The topological polar surface area (TPSA) is 93.4 Å². The van der Waals surface area contributed by atoms with Gasteiger partial charge in [-0.2, -0.15) is 0 Å². The summed E-state index contributed by atoms with van der Waals surface area (Å²) in [6.45, 7) is 0.450. The lowest BCUT2D eigenvalue weighted by Crippen LogP contribution is -2.34. The quantitative estimate of drug-likeness (QED) is 0.665. The Labute approximate surface area is 160 Å². The largest absolute Gasteiger partial charge is 0.408 e. The Kier molecular flexibility index (Phi) is 4.45. The summed E-state index contributed by atoms with van der Waals surface area (Å²) in [5.41, 5.74) is 2.25. The van der Waals surface area contributed by atoms with Gasteiger partial charge < -0.3 is 9.32 Å². The molecule has 4 rings (SSSR count). The van der Waals surface area contributed by atoms with Crippen LogP contribution in [0.1, 0.15) is 5.56 Å². The second-order valence-electron chi connectivity index (χ2n) is 6.07. The summed E-state index contributed by atoms with van der Waals surface area (Å²) in [6, 6.07) is 14.0. The average molecular weight is 404 g/mol. The predicted molar refractivity (Wildman–Crippen MR) is 99.3 cm³/mol. The number of fused-ring (bicyclic) bond motifs is 1. The summed E-state index contributed by atoms with van der Waals surface area (Å²) in [6.07, 6.45) is 0.696. The molecule has 0 N–H and O–H groups in total. The third kappa shape index (κ3) is 3.45. The zero-order chi connectivity index (χ0) is 19.0. The van der Waals surface area contributed by atoms with Crippen LogP contribution in [0.15, 0.2) is 58.2 Å². The predicted octanol–water partition coefficient (Wildman–Crippen LogP) is 2.75.